The van der Waals surface area contributed by atoms with Crippen LogP contribution in [0.2, 0.25) is 0 Å². The molecule has 0 aromatic rings. The van der Waals surface area contributed by atoms with Gasteiger partial charge in [-0.05, 0) is 6.42 Å². The van der Waals surface area contributed by atoms with Crippen LogP contribution in [0, 0.1) is 5.92 Å². The molecular formula is C5H9IN2. The fourth-order valence-corrected chi connectivity index (χ4v) is 1.67. The Balaban J connectivity index is 2.46. The second-order valence-electron chi connectivity index (χ2n) is 1.95. The molecule has 1 aliphatic heterocycles. The zero-order chi connectivity index (χ0) is 5.98. The molecular weight excluding hydrogens is 215 g/mol. The summed E-state index contributed by atoms with van der Waals surface area (Å²) in [6, 6.07) is 0. The van der Waals surface area contributed by atoms with Crippen molar-refractivity contribution in [1.29, 1.82) is 0 Å². The predicted octanol–water partition coefficient (Wildman–Crippen LogP) is 0.799. The standard InChI is InChI=1S/C5H9IN2/c6-3-4-1-2-8-5(4)7/h4H,1-3H2,(H2,7,8). The number of hydrogen-bond acceptors (Lipinski definition) is 2. The maximum Gasteiger partial charge on any atom is 0.0976 e. The number of hydrogen-bond donors (Lipinski definition) is 1. The van der Waals surface area contributed by atoms with Gasteiger partial charge in [0.2, 0.25) is 0 Å². The van der Waals surface area contributed by atoms with Gasteiger partial charge in [-0.25, -0.2) is 0 Å². The lowest BCUT2D eigenvalue weighted by Gasteiger charge is -2.01. The van der Waals surface area contributed by atoms with Gasteiger partial charge in [-0.1, -0.05) is 22.6 Å². The molecule has 0 fully saturated rings. The van der Waals surface area contributed by atoms with E-state index < -0.39 is 0 Å². The molecule has 2 N–H and O–H groups in total. The van der Waals surface area contributed by atoms with Crippen molar-refractivity contribution in [2.75, 3.05) is 11.0 Å². The fraction of sp³-hybridized carbons (Fsp3) is 0.800. The Hall–Kier alpha value is 0.200. The van der Waals surface area contributed by atoms with Gasteiger partial charge in [-0.15, -0.1) is 0 Å². The molecule has 0 aliphatic carbocycles. The number of halogens is 1. The highest BCUT2D eigenvalue weighted by Gasteiger charge is 2.15. The van der Waals surface area contributed by atoms with E-state index in [0.29, 0.717) is 5.92 Å². The van der Waals surface area contributed by atoms with Gasteiger partial charge in [-0.2, -0.15) is 0 Å². The smallest absolute Gasteiger partial charge is 0.0976 e. The van der Waals surface area contributed by atoms with E-state index in [-0.39, 0.29) is 0 Å². The third kappa shape index (κ3) is 1.13. The lowest BCUT2D eigenvalue weighted by atomic mass is 10.1. The summed E-state index contributed by atoms with van der Waals surface area (Å²) in [5, 5.41) is 0. The highest BCUT2D eigenvalue weighted by atomic mass is 127. The van der Waals surface area contributed by atoms with Crippen molar-refractivity contribution in [3.05, 3.63) is 0 Å². The largest absolute Gasteiger partial charge is 0.387 e. The van der Waals surface area contributed by atoms with Crippen molar-refractivity contribution in [2.45, 2.75) is 6.42 Å². The van der Waals surface area contributed by atoms with E-state index in [0.717, 1.165) is 23.2 Å². The van der Waals surface area contributed by atoms with Crippen molar-refractivity contribution in [1.82, 2.24) is 0 Å². The maximum absolute atomic E-state index is 5.53. The van der Waals surface area contributed by atoms with E-state index in [1.807, 2.05) is 0 Å². The minimum atomic E-state index is 0.579. The Morgan fingerprint density at radius 2 is 2.62 bits per heavy atom. The Morgan fingerprint density at radius 3 is 2.88 bits per heavy atom. The molecule has 0 aromatic carbocycles. The lowest BCUT2D eigenvalue weighted by molar-refractivity contribution is 0.767. The first-order valence-electron chi connectivity index (χ1n) is 2.70. The zero-order valence-corrected chi connectivity index (χ0v) is 6.76. The molecule has 0 aromatic heterocycles. The number of amidine groups is 1. The molecule has 1 aliphatic rings. The van der Waals surface area contributed by atoms with Crippen molar-refractivity contribution >= 4 is 28.4 Å². The molecule has 2 nitrogen and oxygen atoms in total. The fourth-order valence-electron chi connectivity index (χ4n) is 0.783. The van der Waals surface area contributed by atoms with E-state index in [4.69, 9.17) is 5.73 Å². The quantitative estimate of drug-likeness (QED) is 0.519. The maximum atomic E-state index is 5.53. The van der Waals surface area contributed by atoms with Crippen LogP contribution < -0.4 is 5.73 Å². The molecule has 0 radical (unpaired) electrons. The van der Waals surface area contributed by atoms with Gasteiger partial charge in [0, 0.05) is 16.9 Å². The minimum absolute atomic E-state index is 0.579. The van der Waals surface area contributed by atoms with Crippen LogP contribution >= 0.6 is 22.6 Å². The van der Waals surface area contributed by atoms with Crippen LogP contribution in [-0.4, -0.2) is 16.8 Å². The van der Waals surface area contributed by atoms with E-state index in [1.165, 1.54) is 0 Å². The first-order valence-corrected chi connectivity index (χ1v) is 4.23. The first kappa shape index (κ1) is 6.32. The molecule has 46 valence electrons. The molecule has 0 saturated heterocycles. The van der Waals surface area contributed by atoms with Crippen LogP contribution in [0.3, 0.4) is 0 Å². The van der Waals surface area contributed by atoms with Gasteiger partial charge in [0.1, 0.15) is 0 Å². The van der Waals surface area contributed by atoms with Gasteiger partial charge in [-0.3, -0.25) is 4.99 Å². The van der Waals surface area contributed by atoms with Crippen LogP contribution in [0.1, 0.15) is 6.42 Å². The van der Waals surface area contributed by atoms with Crippen LogP contribution in [0.4, 0.5) is 0 Å². The number of nitrogens with zero attached hydrogens (tertiary/aromatic N) is 1. The normalized spacial score (nSPS) is 28.1. The molecule has 0 amide bonds. The van der Waals surface area contributed by atoms with Crippen LogP contribution in [0.5, 0.6) is 0 Å². The van der Waals surface area contributed by atoms with Gasteiger partial charge in [0.15, 0.2) is 0 Å². The van der Waals surface area contributed by atoms with Crippen molar-refractivity contribution < 1.29 is 0 Å². The molecule has 0 saturated carbocycles. The highest BCUT2D eigenvalue weighted by Crippen LogP contribution is 2.12. The molecule has 1 unspecified atom stereocenters. The zero-order valence-electron chi connectivity index (χ0n) is 4.60. The molecule has 1 atom stereocenters. The van der Waals surface area contributed by atoms with Crippen molar-refractivity contribution in [2.24, 2.45) is 16.6 Å². The topological polar surface area (TPSA) is 38.4 Å². The third-order valence-electron chi connectivity index (χ3n) is 1.38. The van der Waals surface area contributed by atoms with E-state index in [1.54, 1.807) is 0 Å². The van der Waals surface area contributed by atoms with Crippen LogP contribution in [0.25, 0.3) is 0 Å². The molecule has 0 bridgehead atoms. The van der Waals surface area contributed by atoms with E-state index >= 15 is 0 Å². The van der Waals surface area contributed by atoms with E-state index in [2.05, 4.69) is 27.6 Å². The number of nitrogens with two attached hydrogens (primary N) is 1. The summed E-state index contributed by atoms with van der Waals surface area (Å²) in [5.74, 6) is 1.44. The van der Waals surface area contributed by atoms with Gasteiger partial charge in [0.05, 0.1) is 5.84 Å². The van der Waals surface area contributed by atoms with Gasteiger partial charge in [0.25, 0.3) is 0 Å². The van der Waals surface area contributed by atoms with Gasteiger partial charge < -0.3 is 5.73 Å². The number of aliphatic imine (C=N–C) groups is 1. The summed E-state index contributed by atoms with van der Waals surface area (Å²) in [6.45, 7) is 0.944. The Morgan fingerprint density at radius 1 is 1.88 bits per heavy atom. The molecule has 1 heterocycles. The summed E-state index contributed by atoms with van der Waals surface area (Å²) in [4.78, 5) is 4.08. The number of rotatable bonds is 1. The second kappa shape index (κ2) is 2.66. The summed E-state index contributed by atoms with van der Waals surface area (Å²) in [6.07, 6.45) is 1.16. The summed E-state index contributed by atoms with van der Waals surface area (Å²) in [7, 11) is 0. The molecule has 3 heteroatoms. The van der Waals surface area contributed by atoms with Gasteiger partial charge >= 0.3 is 0 Å². The SMILES string of the molecule is NC1=NCCC1CI. The third-order valence-corrected chi connectivity index (χ3v) is 2.44. The molecule has 1 rings (SSSR count). The van der Waals surface area contributed by atoms with Crippen molar-refractivity contribution in [3.63, 3.8) is 0 Å². The minimum Gasteiger partial charge on any atom is -0.387 e. The van der Waals surface area contributed by atoms with Crippen LogP contribution in [0.15, 0.2) is 4.99 Å². The predicted molar refractivity (Wildman–Crippen MR) is 43.5 cm³/mol. The summed E-state index contributed by atoms with van der Waals surface area (Å²) < 4.78 is 1.12. The Labute approximate surface area is 62.7 Å². The van der Waals surface area contributed by atoms with E-state index in [9.17, 15) is 0 Å². The van der Waals surface area contributed by atoms with Crippen molar-refractivity contribution in [3.8, 4) is 0 Å². The summed E-state index contributed by atoms with van der Waals surface area (Å²) in [5.41, 5.74) is 5.53. The average molecular weight is 224 g/mol. The second-order valence-corrected chi connectivity index (χ2v) is 2.83. The first-order chi connectivity index (χ1) is 3.84. The molecule has 8 heavy (non-hydrogen) atoms. The Bertz CT molecular complexity index is 111. The summed E-state index contributed by atoms with van der Waals surface area (Å²) >= 11 is 2.34. The Kier molecular flexibility index (Phi) is 2.10. The monoisotopic (exact) mass is 224 g/mol. The lowest BCUT2D eigenvalue weighted by Crippen LogP contribution is -2.20. The number of alkyl halides is 1. The average Bonchev–Trinajstić information content (AvgIpc) is 2.14. The highest BCUT2D eigenvalue weighted by molar-refractivity contribution is 14.1. The molecule has 0 spiro atoms. The van der Waals surface area contributed by atoms with Crippen LogP contribution in [-0.2, 0) is 0 Å².